The van der Waals surface area contributed by atoms with Crippen LogP contribution >= 0.6 is 0 Å². The van der Waals surface area contributed by atoms with Gasteiger partial charge in [-0.1, -0.05) is 0 Å². The van der Waals surface area contributed by atoms with Crippen molar-refractivity contribution in [3.05, 3.63) is 0 Å². The second-order valence-corrected chi connectivity index (χ2v) is 1.01. The fourth-order valence-electron chi connectivity index (χ4n) is 0. The Morgan fingerprint density at radius 1 is 1.86 bits per heavy atom. The molecule has 36 valence electrons. The second-order valence-electron chi connectivity index (χ2n) is 1.01. The average Bonchev–Trinajstić information content (AvgIpc) is 1.36. The minimum atomic E-state index is -1.23. The van der Waals surface area contributed by atoms with Gasteiger partial charge in [0.1, 0.15) is 6.10 Å². The summed E-state index contributed by atoms with van der Waals surface area (Å²) in [6, 6.07) is 0. The van der Waals surface area contributed by atoms with Gasteiger partial charge >= 0.3 is 45.1 Å². The van der Waals surface area contributed by atoms with Crippen LogP contribution in [0, 0.1) is 0 Å². The third-order valence-corrected chi connectivity index (χ3v) is 0.357. The molecule has 0 aromatic heterocycles. The molecule has 0 bridgehead atoms. The van der Waals surface area contributed by atoms with Gasteiger partial charge in [0.2, 0.25) is 0 Å². The van der Waals surface area contributed by atoms with Crippen LogP contribution < -0.4 is 0 Å². The first-order chi connectivity index (χ1) is 2.64. The van der Waals surface area contributed by atoms with E-state index in [9.17, 15) is 4.79 Å². The summed E-state index contributed by atoms with van der Waals surface area (Å²) in [7, 11) is 0. The van der Waals surface area contributed by atoms with E-state index in [-0.39, 0.29) is 39.2 Å². The Morgan fingerprint density at radius 3 is 2.00 bits per heavy atom. The van der Waals surface area contributed by atoms with Crippen molar-refractivity contribution in [2.45, 2.75) is 13.0 Å². The fraction of sp³-hybridized carbons (Fsp3) is 0.667. The van der Waals surface area contributed by atoms with Crippen molar-refractivity contribution in [1.82, 2.24) is 0 Å². The van der Waals surface area contributed by atoms with Crippen molar-refractivity contribution in [3.8, 4) is 0 Å². The van der Waals surface area contributed by atoms with Crippen molar-refractivity contribution in [3.63, 3.8) is 0 Å². The van der Waals surface area contributed by atoms with Gasteiger partial charge in [0.15, 0.2) is 0 Å². The van der Waals surface area contributed by atoms with E-state index >= 15 is 0 Å². The monoisotopic (exact) mass is 131 g/mol. The predicted molar refractivity (Wildman–Crippen MR) is 26.2 cm³/mol. The molecule has 4 heteroatoms. The summed E-state index contributed by atoms with van der Waals surface area (Å²) in [6.45, 7) is 1.20. The molecule has 2 N–H and O–H groups in total. The van der Waals surface area contributed by atoms with Crippen LogP contribution in [0.15, 0.2) is 0 Å². The molecule has 0 aliphatic rings. The molecule has 1 unspecified atom stereocenters. The third-order valence-electron chi connectivity index (χ3n) is 0.357. The van der Waals surface area contributed by atoms with Crippen LogP contribution in [0.2, 0.25) is 0 Å². The number of carboxylic acid groups (broad SMARTS) is 1. The summed E-state index contributed by atoms with van der Waals surface area (Å²) in [6.07, 6.45) is -1.23. The van der Waals surface area contributed by atoms with Gasteiger partial charge in [-0.2, -0.15) is 0 Å². The molecule has 0 amide bonds. The van der Waals surface area contributed by atoms with E-state index in [1.165, 1.54) is 6.92 Å². The molecular formula is C3H7CaO3+3. The molecule has 0 aliphatic carbocycles. The van der Waals surface area contributed by atoms with E-state index in [2.05, 4.69) is 0 Å². The zero-order valence-electron chi connectivity index (χ0n) is 5.09. The van der Waals surface area contributed by atoms with Crippen molar-refractivity contribution >= 4 is 43.7 Å². The van der Waals surface area contributed by atoms with E-state index in [1.807, 2.05) is 0 Å². The molecule has 0 rings (SSSR count). The first-order valence-corrected chi connectivity index (χ1v) is 1.55. The molecule has 0 aromatic carbocycles. The largest absolute Gasteiger partial charge is 2.00 e. The van der Waals surface area contributed by atoms with Crippen LogP contribution in [-0.2, 0) is 4.79 Å². The summed E-state index contributed by atoms with van der Waals surface area (Å²) in [4.78, 5) is 9.45. The molecule has 0 aromatic rings. The molecule has 0 aliphatic heterocycles. The van der Waals surface area contributed by atoms with Gasteiger partial charge in [-0.3, -0.25) is 0 Å². The van der Waals surface area contributed by atoms with Crippen LogP contribution in [0.5, 0.6) is 0 Å². The minimum Gasteiger partial charge on any atom is -0.479 e. The Bertz CT molecular complexity index is 65.5. The van der Waals surface area contributed by atoms with Crippen LogP contribution in [0.25, 0.3) is 0 Å². The Morgan fingerprint density at radius 2 is 2.00 bits per heavy atom. The van der Waals surface area contributed by atoms with Crippen molar-refractivity contribution in [2.75, 3.05) is 0 Å². The summed E-state index contributed by atoms with van der Waals surface area (Å²) < 4.78 is 0. The molecule has 0 heterocycles. The number of aliphatic carboxylic acids is 1. The van der Waals surface area contributed by atoms with Gasteiger partial charge < -0.3 is 10.2 Å². The normalized spacial score (nSPS) is 11.7. The molecule has 7 heavy (non-hydrogen) atoms. The molecule has 0 saturated heterocycles. The molecule has 3 nitrogen and oxygen atoms in total. The maximum absolute atomic E-state index is 9.45. The fourth-order valence-corrected chi connectivity index (χ4v) is 0. The van der Waals surface area contributed by atoms with E-state index in [4.69, 9.17) is 10.2 Å². The van der Waals surface area contributed by atoms with Gasteiger partial charge in [0.05, 0.1) is 0 Å². The summed E-state index contributed by atoms with van der Waals surface area (Å²) in [5, 5.41) is 15.8. The van der Waals surface area contributed by atoms with E-state index in [1.54, 1.807) is 0 Å². The predicted octanol–water partition coefficient (Wildman–Crippen LogP) is -0.817. The number of aliphatic hydroxyl groups is 1. The van der Waals surface area contributed by atoms with Gasteiger partial charge in [0.25, 0.3) is 0 Å². The minimum absolute atomic E-state index is 0. The third kappa shape index (κ3) is 6.69. The van der Waals surface area contributed by atoms with Gasteiger partial charge in [-0.15, -0.1) is 0 Å². The Labute approximate surface area is 72.8 Å². The zero-order chi connectivity index (χ0) is 5.15. The maximum atomic E-state index is 9.45. The van der Waals surface area contributed by atoms with Crippen molar-refractivity contribution in [2.24, 2.45) is 0 Å². The first kappa shape index (κ1) is 10.6. The van der Waals surface area contributed by atoms with Crippen LogP contribution in [0.3, 0.4) is 0 Å². The SMILES string of the molecule is CC(O)C(=O)O.[Ca+2].[H+]. The molecule has 0 radical (unpaired) electrons. The number of aliphatic hydroxyl groups excluding tert-OH is 1. The van der Waals surface area contributed by atoms with E-state index in [0.29, 0.717) is 0 Å². The topological polar surface area (TPSA) is 57.5 Å². The van der Waals surface area contributed by atoms with Crippen molar-refractivity contribution in [1.29, 1.82) is 0 Å². The van der Waals surface area contributed by atoms with Gasteiger partial charge in [-0.25, -0.2) is 4.79 Å². The Hall–Kier alpha value is 0.690. The van der Waals surface area contributed by atoms with Gasteiger partial charge in [0, 0.05) is 0 Å². The number of rotatable bonds is 1. The molecule has 0 saturated carbocycles. The van der Waals surface area contributed by atoms with Crippen LogP contribution in [0.1, 0.15) is 8.35 Å². The van der Waals surface area contributed by atoms with E-state index < -0.39 is 12.1 Å². The second kappa shape index (κ2) is 4.84. The summed E-state index contributed by atoms with van der Waals surface area (Å²) in [5.74, 6) is -1.19. The van der Waals surface area contributed by atoms with Crippen molar-refractivity contribution < 1.29 is 16.4 Å². The average molecular weight is 131 g/mol. The number of carboxylic acids is 1. The first-order valence-electron chi connectivity index (χ1n) is 1.55. The molecule has 0 fully saturated rings. The zero-order valence-corrected chi connectivity index (χ0v) is 6.30. The van der Waals surface area contributed by atoms with Gasteiger partial charge in [-0.05, 0) is 6.92 Å². The Balaban J connectivity index is -0.000000125. The maximum Gasteiger partial charge on any atom is 2.00 e. The standard InChI is InChI=1S/C3H6O3.Ca/c1-2(4)3(5)6;/h2,4H,1H3,(H,5,6);/q;+2/p+1. The van der Waals surface area contributed by atoms with Crippen LogP contribution in [0.4, 0.5) is 0 Å². The smallest absolute Gasteiger partial charge is 0.479 e. The number of carbonyl (C=O) groups is 1. The molecular weight excluding hydrogens is 124 g/mol. The Kier molecular flexibility index (Phi) is 7.35. The number of hydrogen-bond donors (Lipinski definition) is 2. The summed E-state index contributed by atoms with van der Waals surface area (Å²) >= 11 is 0. The molecule has 1 atom stereocenters. The van der Waals surface area contributed by atoms with Crippen LogP contribution in [-0.4, -0.2) is 60.0 Å². The van der Waals surface area contributed by atoms with E-state index in [0.717, 1.165) is 0 Å². The number of hydrogen-bond acceptors (Lipinski definition) is 2. The summed E-state index contributed by atoms with van der Waals surface area (Å²) in [5.41, 5.74) is 0. The quantitative estimate of drug-likeness (QED) is 0.457. The molecule has 0 spiro atoms.